The van der Waals surface area contributed by atoms with Crippen molar-refractivity contribution in [2.45, 2.75) is 32.7 Å². The Morgan fingerprint density at radius 3 is 2.80 bits per heavy atom. The second kappa shape index (κ2) is 5.91. The van der Waals surface area contributed by atoms with Crippen LogP contribution in [0.15, 0.2) is 16.6 Å². The van der Waals surface area contributed by atoms with Crippen LogP contribution < -0.4 is 5.32 Å². The Labute approximate surface area is 125 Å². The molecule has 0 spiro atoms. The van der Waals surface area contributed by atoms with E-state index < -0.39 is 6.04 Å². The number of nitrogens with one attached hydrogen (secondary N) is 1. The molecule has 0 radical (unpaired) electrons. The van der Waals surface area contributed by atoms with Gasteiger partial charge in [-0.25, -0.2) is 4.39 Å². The normalized spacial score (nSPS) is 18.8. The monoisotopic (exact) mass is 342 g/mol. The van der Waals surface area contributed by atoms with E-state index in [0.29, 0.717) is 22.3 Å². The molecule has 108 valence electrons. The summed E-state index contributed by atoms with van der Waals surface area (Å²) in [4.78, 5) is 25.2. The Morgan fingerprint density at radius 2 is 2.15 bits per heavy atom. The molecule has 2 rings (SSSR count). The van der Waals surface area contributed by atoms with Crippen molar-refractivity contribution >= 4 is 33.4 Å². The summed E-state index contributed by atoms with van der Waals surface area (Å²) in [6.45, 7) is 4.12. The fourth-order valence-corrected chi connectivity index (χ4v) is 2.59. The van der Waals surface area contributed by atoms with Crippen molar-refractivity contribution in [3.63, 3.8) is 0 Å². The topological polar surface area (TPSA) is 49.4 Å². The van der Waals surface area contributed by atoms with Gasteiger partial charge < -0.3 is 5.32 Å². The van der Waals surface area contributed by atoms with Gasteiger partial charge in [0.2, 0.25) is 5.91 Å². The molecule has 1 unspecified atom stereocenters. The van der Waals surface area contributed by atoms with E-state index in [1.165, 1.54) is 11.0 Å². The zero-order valence-corrected chi connectivity index (χ0v) is 13.0. The molecule has 1 atom stereocenters. The van der Waals surface area contributed by atoms with E-state index in [1.807, 2.05) is 6.92 Å². The molecule has 1 fully saturated rings. The van der Waals surface area contributed by atoms with Gasteiger partial charge in [0, 0.05) is 12.2 Å². The number of imide groups is 1. The molecule has 1 aliphatic rings. The number of aryl methyl sites for hydroxylation is 1. The summed E-state index contributed by atoms with van der Waals surface area (Å²) in [5.74, 6) is -0.723. The second-order valence-corrected chi connectivity index (χ2v) is 5.72. The molecule has 0 aliphatic carbocycles. The van der Waals surface area contributed by atoms with E-state index in [4.69, 9.17) is 0 Å². The number of hydrogen-bond donors (Lipinski definition) is 1. The molecular formula is C14H16BrFN2O2. The molecule has 0 bridgehead atoms. The van der Waals surface area contributed by atoms with Gasteiger partial charge in [0.05, 0.1) is 10.9 Å². The van der Waals surface area contributed by atoms with E-state index in [0.717, 1.165) is 6.42 Å². The molecular weight excluding hydrogens is 327 g/mol. The highest BCUT2D eigenvalue weighted by molar-refractivity contribution is 9.10. The highest BCUT2D eigenvalue weighted by Crippen LogP contribution is 2.26. The Kier molecular flexibility index (Phi) is 4.42. The third-order valence-corrected chi connectivity index (χ3v) is 3.90. The van der Waals surface area contributed by atoms with E-state index in [-0.39, 0.29) is 24.1 Å². The first-order valence-electron chi connectivity index (χ1n) is 6.50. The molecule has 1 aromatic rings. The van der Waals surface area contributed by atoms with Gasteiger partial charge in [-0.1, -0.05) is 6.92 Å². The highest BCUT2D eigenvalue weighted by Gasteiger charge is 2.38. The Hall–Kier alpha value is -1.43. The fraction of sp³-hybridized carbons (Fsp3) is 0.429. The zero-order valence-electron chi connectivity index (χ0n) is 11.4. The first-order chi connectivity index (χ1) is 9.43. The lowest BCUT2D eigenvalue weighted by Gasteiger charge is -2.16. The first kappa shape index (κ1) is 15.0. The maximum absolute atomic E-state index is 13.4. The summed E-state index contributed by atoms with van der Waals surface area (Å²) in [5, 5.41) is 3.04. The van der Waals surface area contributed by atoms with Crippen LogP contribution in [0.4, 0.5) is 10.1 Å². The summed E-state index contributed by atoms with van der Waals surface area (Å²) in [7, 11) is 0. The molecule has 1 N–H and O–H groups in total. The summed E-state index contributed by atoms with van der Waals surface area (Å²) < 4.78 is 13.7. The SMILES string of the molecule is CCCN1C(=O)CC(Nc2cc(Br)c(F)cc2C)C1=O. The minimum absolute atomic E-state index is 0.146. The molecule has 1 heterocycles. The van der Waals surface area contributed by atoms with Gasteiger partial charge >= 0.3 is 0 Å². The van der Waals surface area contributed by atoms with Crippen molar-refractivity contribution in [3.8, 4) is 0 Å². The van der Waals surface area contributed by atoms with Crippen LogP contribution in [0, 0.1) is 12.7 Å². The van der Waals surface area contributed by atoms with Crippen LogP contribution in [0.2, 0.25) is 0 Å². The van der Waals surface area contributed by atoms with Crippen LogP contribution in [0.5, 0.6) is 0 Å². The number of carbonyl (C=O) groups is 2. The fourth-order valence-electron chi connectivity index (χ4n) is 2.24. The number of anilines is 1. The lowest BCUT2D eigenvalue weighted by molar-refractivity contribution is -0.138. The zero-order chi connectivity index (χ0) is 14.9. The maximum atomic E-state index is 13.4. The van der Waals surface area contributed by atoms with Crippen molar-refractivity contribution in [2.24, 2.45) is 0 Å². The number of rotatable bonds is 4. The maximum Gasteiger partial charge on any atom is 0.252 e. The van der Waals surface area contributed by atoms with Crippen molar-refractivity contribution < 1.29 is 14.0 Å². The molecule has 0 aromatic heterocycles. The predicted molar refractivity (Wildman–Crippen MR) is 77.9 cm³/mol. The van der Waals surface area contributed by atoms with Crippen molar-refractivity contribution in [1.29, 1.82) is 0 Å². The van der Waals surface area contributed by atoms with E-state index in [1.54, 1.807) is 13.0 Å². The van der Waals surface area contributed by atoms with Gasteiger partial charge in [0.1, 0.15) is 11.9 Å². The Bertz CT molecular complexity index is 562. The first-order valence-corrected chi connectivity index (χ1v) is 7.29. The number of hydrogen-bond acceptors (Lipinski definition) is 3. The van der Waals surface area contributed by atoms with Gasteiger partial charge in [-0.05, 0) is 47.0 Å². The number of amides is 2. The van der Waals surface area contributed by atoms with Crippen LogP contribution in [0.25, 0.3) is 0 Å². The average Bonchev–Trinajstić information content (AvgIpc) is 2.64. The lowest BCUT2D eigenvalue weighted by atomic mass is 10.1. The predicted octanol–water partition coefficient (Wildman–Crippen LogP) is 2.85. The van der Waals surface area contributed by atoms with Gasteiger partial charge in [-0.2, -0.15) is 0 Å². The third kappa shape index (κ3) is 2.85. The summed E-state index contributed by atoms with van der Waals surface area (Å²) in [6.07, 6.45) is 0.887. The number of halogens is 2. The Morgan fingerprint density at radius 1 is 1.45 bits per heavy atom. The molecule has 0 saturated carbocycles. The number of likely N-dealkylation sites (tertiary alicyclic amines) is 1. The van der Waals surface area contributed by atoms with Crippen molar-refractivity contribution in [1.82, 2.24) is 4.90 Å². The van der Waals surface area contributed by atoms with Gasteiger partial charge in [-0.15, -0.1) is 0 Å². The van der Waals surface area contributed by atoms with Crippen LogP contribution >= 0.6 is 15.9 Å². The molecule has 4 nitrogen and oxygen atoms in total. The number of benzene rings is 1. The minimum atomic E-state index is -0.565. The third-order valence-electron chi connectivity index (χ3n) is 3.29. The smallest absolute Gasteiger partial charge is 0.252 e. The quantitative estimate of drug-likeness (QED) is 0.856. The van der Waals surface area contributed by atoms with Gasteiger partial charge in [0.15, 0.2) is 0 Å². The Balaban J connectivity index is 2.17. The van der Waals surface area contributed by atoms with Crippen molar-refractivity contribution in [2.75, 3.05) is 11.9 Å². The average molecular weight is 343 g/mol. The molecule has 20 heavy (non-hydrogen) atoms. The largest absolute Gasteiger partial charge is 0.373 e. The van der Waals surface area contributed by atoms with Crippen LogP contribution in [0.1, 0.15) is 25.3 Å². The second-order valence-electron chi connectivity index (χ2n) is 4.87. The van der Waals surface area contributed by atoms with E-state index in [9.17, 15) is 14.0 Å². The van der Waals surface area contributed by atoms with E-state index in [2.05, 4.69) is 21.2 Å². The molecule has 2 amide bonds. The van der Waals surface area contributed by atoms with Gasteiger partial charge in [0.25, 0.3) is 5.91 Å². The highest BCUT2D eigenvalue weighted by atomic mass is 79.9. The summed E-state index contributed by atoms with van der Waals surface area (Å²) in [6, 6.07) is 2.41. The lowest BCUT2D eigenvalue weighted by Crippen LogP contribution is -2.35. The summed E-state index contributed by atoms with van der Waals surface area (Å²) >= 11 is 3.12. The van der Waals surface area contributed by atoms with E-state index >= 15 is 0 Å². The number of nitrogens with zero attached hydrogens (tertiary/aromatic N) is 1. The standard InChI is InChI=1S/C14H16BrFN2O2/c1-3-4-18-13(19)7-12(14(18)20)17-11-6-9(15)10(16)5-8(11)2/h5-6,12,17H,3-4,7H2,1-2H3. The molecule has 1 aliphatic heterocycles. The number of carbonyl (C=O) groups excluding carboxylic acids is 2. The van der Waals surface area contributed by atoms with Gasteiger partial charge in [-0.3, -0.25) is 14.5 Å². The molecule has 1 aromatic carbocycles. The van der Waals surface area contributed by atoms with Crippen LogP contribution in [-0.4, -0.2) is 29.3 Å². The molecule has 6 heteroatoms. The van der Waals surface area contributed by atoms with Crippen LogP contribution in [0.3, 0.4) is 0 Å². The summed E-state index contributed by atoms with van der Waals surface area (Å²) in [5.41, 5.74) is 1.35. The van der Waals surface area contributed by atoms with Crippen LogP contribution in [-0.2, 0) is 9.59 Å². The minimum Gasteiger partial charge on any atom is -0.373 e. The van der Waals surface area contributed by atoms with Crippen molar-refractivity contribution in [3.05, 3.63) is 28.0 Å². The molecule has 1 saturated heterocycles.